The van der Waals surface area contributed by atoms with E-state index in [9.17, 15) is 0 Å². The van der Waals surface area contributed by atoms with Crippen molar-refractivity contribution in [3.05, 3.63) is 45.9 Å². The summed E-state index contributed by atoms with van der Waals surface area (Å²) < 4.78 is 5.80. The van der Waals surface area contributed by atoms with Gasteiger partial charge in [-0.25, -0.2) is 4.98 Å². The van der Waals surface area contributed by atoms with Crippen LogP contribution < -0.4 is 10.1 Å². The molecule has 0 aliphatic rings. The van der Waals surface area contributed by atoms with Crippen LogP contribution in [0.25, 0.3) is 0 Å². The highest BCUT2D eigenvalue weighted by Crippen LogP contribution is 2.16. The lowest BCUT2D eigenvalue weighted by Gasteiger charge is -2.10. The molecule has 1 aromatic carbocycles. The number of aromatic nitrogens is 1. The Morgan fingerprint density at radius 3 is 2.62 bits per heavy atom. The van der Waals surface area contributed by atoms with Crippen molar-refractivity contribution in [2.45, 2.75) is 39.2 Å². The van der Waals surface area contributed by atoms with Gasteiger partial charge in [-0.1, -0.05) is 12.1 Å². The van der Waals surface area contributed by atoms with Gasteiger partial charge in [0.2, 0.25) is 0 Å². The Bertz CT molecular complexity index is 536. The highest BCUT2D eigenvalue weighted by molar-refractivity contribution is 7.09. The van der Waals surface area contributed by atoms with Crippen LogP contribution in [0.15, 0.2) is 29.8 Å². The van der Waals surface area contributed by atoms with Gasteiger partial charge in [0, 0.05) is 17.3 Å². The van der Waals surface area contributed by atoms with Crippen molar-refractivity contribution in [3.63, 3.8) is 0 Å². The van der Waals surface area contributed by atoms with E-state index in [0.29, 0.717) is 12.6 Å². The van der Waals surface area contributed by atoms with Gasteiger partial charge < -0.3 is 10.1 Å². The number of rotatable bonds is 8. The van der Waals surface area contributed by atoms with Gasteiger partial charge in [-0.15, -0.1) is 11.3 Å². The van der Waals surface area contributed by atoms with E-state index in [1.165, 1.54) is 10.4 Å². The SMILES string of the molecule is CNC(C)CCc1ccc(OCCc2scnc2C)cc1. The molecule has 0 radical (unpaired) electrons. The molecule has 2 rings (SSSR count). The van der Waals surface area contributed by atoms with Crippen LogP contribution in [0, 0.1) is 6.92 Å². The van der Waals surface area contributed by atoms with Gasteiger partial charge in [-0.2, -0.15) is 0 Å². The molecule has 1 heterocycles. The van der Waals surface area contributed by atoms with Crippen molar-refractivity contribution in [3.8, 4) is 5.75 Å². The molecule has 2 aromatic rings. The third-order valence-electron chi connectivity index (χ3n) is 3.72. The van der Waals surface area contributed by atoms with Crippen molar-refractivity contribution in [2.24, 2.45) is 0 Å². The van der Waals surface area contributed by atoms with Gasteiger partial charge in [0.15, 0.2) is 0 Å². The zero-order valence-electron chi connectivity index (χ0n) is 13.1. The lowest BCUT2D eigenvalue weighted by Crippen LogP contribution is -2.21. The Balaban J connectivity index is 1.76. The van der Waals surface area contributed by atoms with Crippen LogP contribution in [-0.4, -0.2) is 24.7 Å². The van der Waals surface area contributed by atoms with E-state index in [1.807, 2.05) is 19.5 Å². The predicted octanol–water partition coefficient (Wildman–Crippen LogP) is 3.61. The van der Waals surface area contributed by atoms with Crippen LogP contribution >= 0.6 is 11.3 Å². The van der Waals surface area contributed by atoms with Crippen LogP contribution in [0.5, 0.6) is 5.75 Å². The maximum Gasteiger partial charge on any atom is 0.119 e. The summed E-state index contributed by atoms with van der Waals surface area (Å²) in [6, 6.07) is 9.02. The third kappa shape index (κ3) is 5.14. The first-order valence-corrected chi connectivity index (χ1v) is 8.35. The second-order valence-corrected chi connectivity index (χ2v) is 6.27. The molecule has 21 heavy (non-hydrogen) atoms. The minimum Gasteiger partial charge on any atom is -0.493 e. The Hall–Kier alpha value is -1.39. The monoisotopic (exact) mass is 304 g/mol. The van der Waals surface area contributed by atoms with Crippen LogP contribution in [0.4, 0.5) is 0 Å². The van der Waals surface area contributed by atoms with Crippen molar-refractivity contribution in [2.75, 3.05) is 13.7 Å². The largest absolute Gasteiger partial charge is 0.493 e. The summed E-state index contributed by atoms with van der Waals surface area (Å²) in [5.74, 6) is 0.947. The van der Waals surface area contributed by atoms with E-state index in [4.69, 9.17) is 4.74 Å². The maximum atomic E-state index is 5.80. The molecule has 1 unspecified atom stereocenters. The van der Waals surface area contributed by atoms with E-state index in [-0.39, 0.29) is 0 Å². The molecule has 0 amide bonds. The summed E-state index contributed by atoms with van der Waals surface area (Å²) in [6.07, 6.45) is 3.18. The van der Waals surface area contributed by atoms with Crippen molar-refractivity contribution in [1.82, 2.24) is 10.3 Å². The van der Waals surface area contributed by atoms with E-state index in [2.05, 4.69) is 41.5 Å². The second-order valence-electron chi connectivity index (χ2n) is 5.33. The fourth-order valence-electron chi connectivity index (χ4n) is 2.11. The second kappa shape index (κ2) is 8.15. The Morgan fingerprint density at radius 1 is 1.24 bits per heavy atom. The number of aryl methyl sites for hydroxylation is 2. The van der Waals surface area contributed by atoms with E-state index >= 15 is 0 Å². The standard InChI is InChI=1S/C17H24N2OS/c1-13(18-3)4-5-15-6-8-16(9-7-15)20-11-10-17-14(2)19-12-21-17/h6-9,12-13,18H,4-5,10-11H2,1-3H3. The average Bonchev–Trinajstić information content (AvgIpc) is 2.91. The van der Waals surface area contributed by atoms with Gasteiger partial charge in [-0.3, -0.25) is 0 Å². The van der Waals surface area contributed by atoms with E-state index < -0.39 is 0 Å². The van der Waals surface area contributed by atoms with Crippen molar-refractivity contribution >= 4 is 11.3 Å². The zero-order chi connectivity index (χ0) is 15.1. The molecule has 0 saturated carbocycles. The maximum absolute atomic E-state index is 5.80. The zero-order valence-corrected chi connectivity index (χ0v) is 13.9. The minimum atomic E-state index is 0.559. The van der Waals surface area contributed by atoms with E-state index in [1.54, 1.807) is 11.3 Å². The molecule has 1 N–H and O–H groups in total. The summed E-state index contributed by atoms with van der Waals surface area (Å²) in [5.41, 5.74) is 4.38. The summed E-state index contributed by atoms with van der Waals surface area (Å²) in [5, 5.41) is 3.26. The number of benzene rings is 1. The molecule has 4 heteroatoms. The molecule has 0 fully saturated rings. The fourth-order valence-corrected chi connectivity index (χ4v) is 2.87. The van der Waals surface area contributed by atoms with Gasteiger partial charge in [0.05, 0.1) is 17.8 Å². The normalized spacial score (nSPS) is 12.3. The smallest absolute Gasteiger partial charge is 0.119 e. The van der Waals surface area contributed by atoms with Gasteiger partial charge in [-0.05, 0) is 51.4 Å². The van der Waals surface area contributed by atoms with Crippen LogP contribution in [0.2, 0.25) is 0 Å². The summed E-state index contributed by atoms with van der Waals surface area (Å²) in [6.45, 7) is 4.96. The molecule has 0 aliphatic carbocycles. The molecule has 0 spiro atoms. The fraction of sp³-hybridized carbons (Fsp3) is 0.471. The van der Waals surface area contributed by atoms with Crippen molar-refractivity contribution in [1.29, 1.82) is 0 Å². The molecule has 1 atom stereocenters. The Kier molecular flexibility index (Phi) is 6.21. The third-order valence-corrected chi connectivity index (χ3v) is 4.72. The summed E-state index contributed by atoms with van der Waals surface area (Å²) >= 11 is 1.70. The molecule has 3 nitrogen and oxygen atoms in total. The first kappa shape index (κ1) is 16.0. The molecule has 0 bridgehead atoms. The number of ether oxygens (including phenoxy) is 1. The Labute approximate surface area is 131 Å². The highest BCUT2D eigenvalue weighted by Gasteiger charge is 2.03. The van der Waals surface area contributed by atoms with Crippen molar-refractivity contribution < 1.29 is 4.74 Å². The minimum absolute atomic E-state index is 0.559. The summed E-state index contributed by atoms with van der Waals surface area (Å²) in [7, 11) is 2.01. The molecular weight excluding hydrogens is 280 g/mol. The molecule has 0 saturated heterocycles. The highest BCUT2D eigenvalue weighted by atomic mass is 32.1. The summed E-state index contributed by atoms with van der Waals surface area (Å²) in [4.78, 5) is 5.57. The van der Waals surface area contributed by atoms with Crippen LogP contribution in [0.1, 0.15) is 29.5 Å². The number of thiazole rings is 1. The quantitative estimate of drug-likeness (QED) is 0.809. The number of hydrogen-bond acceptors (Lipinski definition) is 4. The number of nitrogens with one attached hydrogen (secondary N) is 1. The first-order valence-electron chi connectivity index (χ1n) is 7.47. The van der Waals surface area contributed by atoms with Crippen LogP contribution in [0.3, 0.4) is 0 Å². The molecular formula is C17H24N2OS. The first-order chi connectivity index (χ1) is 10.2. The van der Waals surface area contributed by atoms with Gasteiger partial charge in [0.25, 0.3) is 0 Å². The topological polar surface area (TPSA) is 34.1 Å². The predicted molar refractivity (Wildman–Crippen MR) is 89.3 cm³/mol. The molecule has 1 aromatic heterocycles. The number of nitrogens with zero attached hydrogens (tertiary/aromatic N) is 1. The Morgan fingerprint density at radius 2 is 2.00 bits per heavy atom. The lowest BCUT2D eigenvalue weighted by molar-refractivity contribution is 0.322. The van der Waals surface area contributed by atoms with E-state index in [0.717, 1.165) is 30.7 Å². The van der Waals surface area contributed by atoms with Crippen LogP contribution in [-0.2, 0) is 12.8 Å². The number of hydrogen-bond donors (Lipinski definition) is 1. The molecule has 114 valence electrons. The van der Waals surface area contributed by atoms with Gasteiger partial charge in [0.1, 0.15) is 5.75 Å². The average molecular weight is 304 g/mol. The van der Waals surface area contributed by atoms with Gasteiger partial charge >= 0.3 is 0 Å². The lowest BCUT2D eigenvalue weighted by atomic mass is 10.1. The molecule has 0 aliphatic heterocycles.